The number of amides is 9. The summed E-state index contributed by atoms with van der Waals surface area (Å²) in [6.45, 7) is 9.06. The molecule has 0 aliphatic rings. The zero-order valence-electron chi connectivity index (χ0n) is 43.3. The summed E-state index contributed by atoms with van der Waals surface area (Å²) in [5.41, 5.74) is 16.8. The van der Waals surface area contributed by atoms with Crippen LogP contribution in [0.3, 0.4) is 0 Å². The van der Waals surface area contributed by atoms with Gasteiger partial charge in [-0.1, -0.05) is 48.0 Å². The maximum absolute atomic E-state index is 14.1. The smallest absolute Gasteiger partial charge is 0.326 e. The van der Waals surface area contributed by atoms with Crippen molar-refractivity contribution in [2.45, 2.75) is 179 Å². The zero-order chi connectivity index (χ0) is 57.7. The second-order valence-electron chi connectivity index (χ2n) is 18.9. The maximum atomic E-state index is 14.1. The van der Waals surface area contributed by atoms with Gasteiger partial charge in [0.15, 0.2) is 0 Å². The quantitative estimate of drug-likeness (QED) is 0.0261. The van der Waals surface area contributed by atoms with Crippen LogP contribution < -0.4 is 59.7 Å². The number of aliphatic hydroxyl groups excluding tert-OH is 1. The average Bonchev–Trinajstić information content (AvgIpc) is 3.31. The van der Waals surface area contributed by atoms with Gasteiger partial charge in [0, 0.05) is 19.3 Å². The Hall–Kier alpha value is -7.01. The van der Waals surface area contributed by atoms with E-state index in [4.69, 9.17) is 22.3 Å². The van der Waals surface area contributed by atoms with Crippen LogP contribution in [0.4, 0.5) is 0 Å². The molecule has 0 aromatic heterocycles. The Kier molecular flexibility index (Phi) is 31.9. The number of primary amides is 1. The molecule has 0 fully saturated rings. The summed E-state index contributed by atoms with van der Waals surface area (Å²) in [5.74, 6) is -16.2. The number of carbonyl (C=O) groups excluding carboxylic acids is 9. The molecule has 0 saturated carbocycles. The van der Waals surface area contributed by atoms with Gasteiger partial charge in [0.2, 0.25) is 53.2 Å². The lowest BCUT2D eigenvalue weighted by atomic mass is 9.96. The number of nitrogens with two attached hydrogens (primary N) is 3. The van der Waals surface area contributed by atoms with Crippen molar-refractivity contribution >= 4 is 77.0 Å². The first kappa shape index (κ1) is 68.0. The van der Waals surface area contributed by atoms with E-state index in [2.05, 4.69) is 42.5 Å². The molecule has 0 aromatic carbocycles. The molecule has 29 heteroatoms. The number of unbranched alkanes of at least 4 members (excludes halogenated alkanes) is 1. The van der Waals surface area contributed by atoms with Crippen LogP contribution in [-0.2, 0) is 62.3 Å². The average molecular weight is 1070 g/mol. The van der Waals surface area contributed by atoms with Crippen molar-refractivity contribution < 1.29 is 87.9 Å². The number of nitrogens with one attached hydrogen (secondary N) is 8. The summed E-state index contributed by atoms with van der Waals surface area (Å²) in [4.78, 5) is 166. The zero-order valence-corrected chi connectivity index (χ0v) is 43.3. The van der Waals surface area contributed by atoms with E-state index in [0.717, 1.165) is 0 Å². The van der Waals surface area contributed by atoms with Crippen molar-refractivity contribution in [3.63, 3.8) is 0 Å². The van der Waals surface area contributed by atoms with Gasteiger partial charge in [-0.3, -0.25) is 57.5 Å². The van der Waals surface area contributed by atoms with Gasteiger partial charge in [0.1, 0.15) is 48.3 Å². The minimum atomic E-state index is -1.91. The van der Waals surface area contributed by atoms with Crippen molar-refractivity contribution in [1.29, 1.82) is 0 Å². The molecule has 0 heterocycles. The molecule has 0 saturated heterocycles. The van der Waals surface area contributed by atoms with E-state index >= 15 is 0 Å². The fourth-order valence-corrected chi connectivity index (χ4v) is 7.10. The molecule has 9 amide bonds. The molecule has 0 aliphatic heterocycles. The van der Waals surface area contributed by atoms with Crippen molar-refractivity contribution in [2.24, 2.45) is 35.0 Å². The highest BCUT2D eigenvalue weighted by Crippen LogP contribution is 2.14. The summed E-state index contributed by atoms with van der Waals surface area (Å²) >= 11 is 0. The number of carboxylic acid groups (broad SMARTS) is 4. The minimum Gasteiger partial charge on any atom is -0.481 e. The highest BCUT2D eigenvalue weighted by molar-refractivity contribution is 5.99. The lowest BCUT2D eigenvalue weighted by Crippen LogP contribution is -2.62. The summed E-state index contributed by atoms with van der Waals surface area (Å²) < 4.78 is 0. The number of rotatable bonds is 39. The van der Waals surface area contributed by atoms with Crippen LogP contribution in [0.1, 0.15) is 125 Å². The van der Waals surface area contributed by atoms with Crippen molar-refractivity contribution in [2.75, 3.05) is 13.2 Å². The summed E-state index contributed by atoms with van der Waals surface area (Å²) in [7, 11) is 0. The van der Waals surface area contributed by atoms with Crippen molar-refractivity contribution in [1.82, 2.24) is 42.5 Å². The van der Waals surface area contributed by atoms with Gasteiger partial charge < -0.3 is 85.3 Å². The predicted molar refractivity (Wildman–Crippen MR) is 264 cm³/mol. The lowest BCUT2D eigenvalue weighted by Gasteiger charge is -2.30. The third-order valence-corrected chi connectivity index (χ3v) is 11.5. The molecule has 0 spiro atoms. The van der Waals surface area contributed by atoms with E-state index in [1.165, 1.54) is 0 Å². The Morgan fingerprint density at radius 3 is 1.31 bits per heavy atom. The highest BCUT2D eigenvalue weighted by Gasteiger charge is 2.37. The van der Waals surface area contributed by atoms with Gasteiger partial charge >= 0.3 is 23.9 Å². The van der Waals surface area contributed by atoms with Crippen LogP contribution in [0, 0.1) is 17.8 Å². The minimum absolute atomic E-state index is 0.0318. The van der Waals surface area contributed by atoms with Gasteiger partial charge in [-0.15, -0.1) is 0 Å². The molecule has 0 unspecified atom stereocenters. The molecular formula is C46H79N11O18. The molecule has 10 atom stereocenters. The number of hydrogen-bond acceptors (Lipinski definition) is 16. The van der Waals surface area contributed by atoms with E-state index in [1.807, 2.05) is 0 Å². The van der Waals surface area contributed by atoms with Gasteiger partial charge in [-0.25, -0.2) is 4.79 Å². The molecule has 426 valence electrons. The van der Waals surface area contributed by atoms with Crippen LogP contribution in [0.2, 0.25) is 0 Å². The first-order valence-electron chi connectivity index (χ1n) is 24.6. The van der Waals surface area contributed by atoms with Crippen LogP contribution in [0.15, 0.2) is 0 Å². The van der Waals surface area contributed by atoms with Gasteiger partial charge in [0.05, 0.1) is 19.1 Å². The molecule has 19 N–H and O–H groups in total. The third kappa shape index (κ3) is 27.7. The Morgan fingerprint density at radius 2 is 0.853 bits per heavy atom. The molecule has 0 rings (SSSR count). The van der Waals surface area contributed by atoms with E-state index < -0.39 is 176 Å². The number of carbonyl (C=O) groups is 13. The number of aliphatic hydroxyl groups is 1. The lowest BCUT2D eigenvalue weighted by molar-refractivity contribution is -0.144. The van der Waals surface area contributed by atoms with Crippen LogP contribution in [-0.4, -0.2) is 170 Å². The molecule has 29 nitrogen and oxygen atoms in total. The SMILES string of the molecule is CC[C@H](C)[C@H](NC(=O)[C@H](CC(C)C)NC(=O)[C@H](CCCCN)NC(=O)[C@H](CCC(N)=O)NC(=O)[C@@H](N)CCC(=O)O)C(=O)N[C@@H](CO)C(=O)N[C@@H](CCC(=O)O)C(=O)N[C@@H](CC(=O)O)C(=O)N[C@@H](CC(C)C)C(=O)O. The molecule has 0 bridgehead atoms. The second-order valence-corrected chi connectivity index (χ2v) is 18.9. The third-order valence-electron chi connectivity index (χ3n) is 11.5. The number of aliphatic carboxylic acids is 4. The molecule has 75 heavy (non-hydrogen) atoms. The monoisotopic (exact) mass is 1070 g/mol. The standard InChI is InChI=1S/C46H79N11O18/c1-7-24(6)37(45(73)56-32(21-58)44(72)52-28(13-16-35(62)63)41(69)54-30(20-36(64)65)42(70)55-31(46(74)75)19-23(4)5)57-43(71)29(18-22(2)3)53-39(67)26(10-8-9-17-47)51-40(68)27(12-14-33(49)59)50-38(66)25(48)11-15-34(60)61/h22-32,37,58H,7-21,47-48H2,1-6H3,(H2,49,59)(H,50,66)(H,51,68)(H,52,72)(H,53,67)(H,54,69)(H,55,70)(H,56,73)(H,57,71)(H,60,61)(H,62,63)(H,64,65)(H,74,75)/t24-,25-,26-,27-,28-,29-,30-,31-,32-,37-/m0/s1. The van der Waals surface area contributed by atoms with Crippen LogP contribution in [0.25, 0.3) is 0 Å². The highest BCUT2D eigenvalue weighted by atomic mass is 16.4. The Bertz CT molecular complexity index is 1990. The fraction of sp³-hybridized carbons (Fsp3) is 0.717. The normalized spacial score (nSPS) is 15.1. The Balaban J connectivity index is 6.64. The van der Waals surface area contributed by atoms with Crippen molar-refractivity contribution in [3.8, 4) is 0 Å². The molecule has 0 aliphatic carbocycles. The van der Waals surface area contributed by atoms with E-state index in [0.29, 0.717) is 6.42 Å². The Labute approximate surface area is 434 Å². The molecular weight excluding hydrogens is 995 g/mol. The Morgan fingerprint density at radius 1 is 0.453 bits per heavy atom. The first-order chi connectivity index (χ1) is 35.0. The number of hydrogen-bond donors (Lipinski definition) is 16. The van der Waals surface area contributed by atoms with Crippen LogP contribution in [0.5, 0.6) is 0 Å². The van der Waals surface area contributed by atoms with Gasteiger partial charge in [0.25, 0.3) is 0 Å². The maximum Gasteiger partial charge on any atom is 0.326 e. The summed E-state index contributed by atoms with van der Waals surface area (Å²) in [6, 6.07) is -14.2. The molecule has 0 radical (unpaired) electrons. The van der Waals surface area contributed by atoms with E-state index in [9.17, 15) is 82.8 Å². The van der Waals surface area contributed by atoms with Crippen molar-refractivity contribution in [3.05, 3.63) is 0 Å². The summed E-state index contributed by atoms with van der Waals surface area (Å²) in [5, 5.41) is 66.5. The second kappa shape index (κ2) is 35.2. The topological polar surface area (TPSA) is 497 Å². The summed E-state index contributed by atoms with van der Waals surface area (Å²) in [6.07, 6.45) is -3.19. The van der Waals surface area contributed by atoms with E-state index in [1.54, 1.807) is 41.5 Å². The predicted octanol–water partition coefficient (Wildman–Crippen LogP) is -3.99. The van der Waals surface area contributed by atoms with Gasteiger partial charge in [-0.2, -0.15) is 0 Å². The molecule has 0 aromatic rings. The fourth-order valence-electron chi connectivity index (χ4n) is 7.10. The van der Waals surface area contributed by atoms with Crippen LogP contribution >= 0.6 is 0 Å². The van der Waals surface area contributed by atoms with Gasteiger partial charge in [-0.05, 0) is 75.7 Å². The first-order valence-corrected chi connectivity index (χ1v) is 24.6. The van der Waals surface area contributed by atoms with E-state index in [-0.39, 0.29) is 63.3 Å². The number of carboxylic acids is 4. The largest absolute Gasteiger partial charge is 0.481 e.